The number of halogens is 2. The molecule has 1 aromatic carbocycles. The highest BCUT2D eigenvalue weighted by atomic mass is 35.5. The van der Waals surface area contributed by atoms with Crippen molar-refractivity contribution in [3.8, 4) is 0 Å². The van der Waals surface area contributed by atoms with E-state index in [0.717, 1.165) is 0 Å². The van der Waals surface area contributed by atoms with Gasteiger partial charge in [-0.25, -0.2) is 19.2 Å². The molecule has 2 aromatic rings. The quantitative estimate of drug-likeness (QED) is 0.935. The molecule has 110 valence electrons. The Labute approximate surface area is 126 Å². The molecule has 1 N–H and O–H groups in total. The van der Waals surface area contributed by atoms with Crippen molar-refractivity contribution in [2.24, 2.45) is 0 Å². The predicted molar refractivity (Wildman–Crippen MR) is 77.3 cm³/mol. The second kappa shape index (κ2) is 6.18. The highest BCUT2D eigenvalue weighted by Crippen LogP contribution is 2.21. The van der Waals surface area contributed by atoms with Crippen LogP contribution in [0.1, 0.15) is 47.2 Å². The molecule has 0 amide bonds. The Morgan fingerprint density at radius 3 is 2.71 bits per heavy atom. The lowest BCUT2D eigenvalue weighted by Crippen LogP contribution is -2.10. The zero-order valence-electron chi connectivity index (χ0n) is 11.6. The lowest BCUT2D eigenvalue weighted by Gasteiger charge is -2.10. The van der Waals surface area contributed by atoms with Crippen LogP contribution in [0.25, 0.3) is 0 Å². The number of aromatic nitrogens is 2. The molecule has 2 rings (SSSR count). The molecule has 0 fully saturated rings. The van der Waals surface area contributed by atoms with Crippen LogP contribution in [0.2, 0.25) is 5.02 Å². The van der Waals surface area contributed by atoms with Crippen molar-refractivity contribution >= 4 is 17.6 Å². The zero-order chi connectivity index (χ0) is 15.6. The first-order valence-corrected chi connectivity index (χ1v) is 6.79. The van der Waals surface area contributed by atoms with Gasteiger partial charge in [0, 0.05) is 17.6 Å². The van der Waals surface area contributed by atoms with Crippen molar-refractivity contribution in [2.75, 3.05) is 0 Å². The summed E-state index contributed by atoms with van der Waals surface area (Å²) in [7, 11) is 0. The summed E-state index contributed by atoms with van der Waals surface area (Å²) in [6.45, 7) is 3.73. The molecule has 0 aliphatic rings. The molecule has 0 spiro atoms. The molecule has 0 unspecified atom stereocenters. The molecule has 4 nitrogen and oxygen atoms in total. The number of aromatic carboxylic acids is 1. The van der Waals surface area contributed by atoms with E-state index in [9.17, 15) is 9.18 Å². The molecule has 21 heavy (non-hydrogen) atoms. The van der Waals surface area contributed by atoms with Crippen molar-refractivity contribution < 1.29 is 14.3 Å². The molecular weight excluding hydrogens is 295 g/mol. The summed E-state index contributed by atoms with van der Waals surface area (Å²) in [6.07, 6.45) is 1.62. The first-order valence-electron chi connectivity index (χ1n) is 6.41. The number of nitrogens with zero attached hydrogens (tertiary/aromatic N) is 2. The molecule has 0 radical (unpaired) electrons. The van der Waals surface area contributed by atoms with E-state index in [1.54, 1.807) is 6.07 Å². The molecular formula is C15H14ClFN2O2. The van der Waals surface area contributed by atoms with Crippen LogP contribution in [-0.2, 0) is 6.42 Å². The zero-order valence-corrected chi connectivity index (χ0v) is 12.4. The van der Waals surface area contributed by atoms with Gasteiger partial charge in [0.25, 0.3) is 0 Å². The largest absolute Gasteiger partial charge is 0.478 e. The number of benzene rings is 1. The summed E-state index contributed by atoms with van der Waals surface area (Å²) in [6, 6.07) is 4.11. The standard InChI is InChI=1S/C15H14ClFN2O2/c1-8(2)14-11(15(20)21)7-18-13(19-14)5-9-3-4-10(17)6-12(9)16/h3-4,6-8H,5H2,1-2H3,(H,20,21). The molecule has 0 atom stereocenters. The van der Waals surface area contributed by atoms with E-state index in [2.05, 4.69) is 9.97 Å². The summed E-state index contributed by atoms with van der Waals surface area (Å²) < 4.78 is 13.0. The van der Waals surface area contributed by atoms with Crippen LogP contribution in [0.3, 0.4) is 0 Å². The number of rotatable bonds is 4. The van der Waals surface area contributed by atoms with E-state index >= 15 is 0 Å². The van der Waals surface area contributed by atoms with Gasteiger partial charge < -0.3 is 5.11 Å². The second-order valence-electron chi connectivity index (χ2n) is 4.96. The minimum Gasteiger partial charge on any atom is -0.478 e. The molecule has 0 aliphatic carbocycles. The highest BCUT2D eigenvalue weighted by Gasteiger charge is 2.16. The topological polar surface area (TPSA) is 63.1 Å². The van der Waals surface area contributed by atoms with Crippen LogP contribution in [0.5, 0.6) is 0 Å². The summed E-state index contributed by atoms with van der Waals surface area (Å²) >= 11 is 5.97. The monoisotopic (exact) mass is 308 g/mol. The van der Waals surface area contributed by atoms with Gasteiger partial charge in [0.15, 0.2) is 0 Å². The fraction of sp³-hybridized carbons (Fsp3) is 0.267. The Morgan fingerprint density at radius 1 is 1.43 bits per heavy atom. The lowest BCUT2D eigenvalue weighted by atomic mass is 10.0. The molecule has 0 saturated heterocycles. The number of carbonyl (C=O) groups is 1. The first kappa shape index (κ1) is 15.4. The van der Waals surface area contributed by atoms with Gasteiger partial charge in [0.2, 0.25) is 0 Å². The minimum atomic E-state index is -1.05. The average molecular weight is 309 g/mol. The number of carboxylic acid groups (broad SMARTS) is 1. The molecule has 1 heterocycles. The van der Waals surface area contributed by atoms with E-state index in [0.29, 0.717) is 28.5 Å². The van der Waals surface area contributed by atoms with Gasteiger partial charge >= 0.3 is 5.97 Å². The van der Waals surface area contributed by atoms with Gasteiger partial charge in [0.05, 0.1) is 11.3 Å². The van der Waals surface area contributed by atoms with Crippen molar-refractivity contribution in [2.45, 2.75) is 26.2 Å². The number of hydrogen-bond donors (Lipinski definition) is 1. The van der Waals surface area contributed by atoms with Gasteiger partial charge in [-0.3, -0.25) is 0 Å². The molecule has 0 aliphatic heterocycles. The van der Waals surface area contributed by atoms with Crippen LogP contribution in [0.4, 0.5) is 4.39 Å². The summed E-state index contributed by atoms with van der Waals surface area (Å²) in [5, 5.41) is 9.43. The van der Waals surface area contributed by atoms with Crippen molar-refractivity contribution in [1.82, 2.24) is 9.97 Å². The summed E-state index contributed by atoms with van der Waals surface area (Å²) in [5.41, 5.74) is 1.26. The highest BCUT2D eigenvalue weighted by molar-refractivity contribution is 6.31. The molecule has 0 bridgehead atoms. The smallest absolute Gasteiger partial charge is 0.339 e. The van der Waals surface area contributed by atoms with E-state index < -0.39 is 11.8 Å². The third kappa shape index (κ3) is 3.55. The van der Waals surface area contributed by atoms with Crippen LogP contribution < -0.4 is 0 Å². The summed E-state index contributed by atoms with van der Waals surface area (Å²) in [4.78, 5) is 19.5. The first-order chi connectivity index (χ1) is 9.88. The van der Waals surface area contributed by atoms with Crippen LogP contribution in [0.15, 0.2) is 24.4 Å². The van der Waals surface area contributed by atoms with Gasteiger partial charge in [-0.2, -0.15) is 0 Å². The average Bonchev–Trinajstić information content (AvgIpc) is 2.41. The SMILES string of the molecule is CC(C)c1nc(Cc2ccc(F)cc2Cl)ncc1C(=O)O. The molecule has 6 heteroatoms. The van der Waals surface area contributed by atoms with Crippen LogP contribution >= 0.6 is 11.6 Å². The second-order valence-corrected chi connectivity index (χ2v) is 5.36. The Morgan fingerprint density at radius 2 is 2.14 bits per heavy atom. The van der Waals surface area contributed by atoms with E-state index in [1.165, 1.54) is 18.3 Å². The van der Waals surface area contributed by atoms with Crippen molar-refractivity contribution in [3.05, 3.63) is 57.9 Å². The number of hydrogen-bond acceptors (Lipinski definition) is 3. The third-order valence-electron chi connectivity index (χ3n) is 3.01. The molecule has 0 saturated carbocycles. The lowest BCUT2D eigenvalue weighted by molar-refractivity contribution is 0.0694. The van der Waals surface area contributed by atoms with Crippen LogP contribution in [-0.4, -0.2) is 21.0 Å². The third-order valence-corrected chi connectivity index (χ3v) is 3.36. The predicted octanol–water partition coefficient (Wildman–Crippen LogP) is 3.68. The van der Waals surface area contributed by atoms with Crippen LogP contribution in [0, 0.1) is 5.82 Å². The maximum atomic E-state index is 13.0. The number of carboxylic acids is 1. The normalized spacial score (nSPS) is 10.9. The van der Waals surface area contributed by atoms with Crippen molar-refractivity contribution in [1.29, 1.82) is 0 Å². The Kier molecular flexibility index (Phi) is 4.53. The summed E-state index contributed by atoms with van der Waals surface area (Å²) in [5.74, 6) is -1.04. The Bertz CT molecular complexity index is 689. The molecule has 1 aromatic heterocycles. The van der Waals surface area contributed by atoms with E-state index in [-0.39, 0.29) is 11.5 Å². The van der Waals surface area contributed by atoms with Gasteiger partial charge in [0.1, 0.15) is 11.6 Å². The maximum Gasteiger partial charge on any atom is 0.339 e. The Hall–Kier alpha value is -2.01. The fourth-order valence-corrected chi connectivity index (χ4v) is 2.19. The van der Waals surface area contributed by atoms with E-state index in [1.807, 2.05) is 13.8 Å². The van der Waals surface area contributed by atoms with Gasteiger partial charge in [-0.05, 0) is 23.6 Å². The van der Waals surface area contributed by atoms with Gasteiger partial charge in [-0.15, -0.1) is 0 Å². The van der Waals surface area contributed by atoms with Crippen molar-refractivity contribution in [3.63, 3.8) is 0 Å². The fourth-order valence-electron chi connectivity index (χ4n) is 1.96. The minimum absolute atomic E-state index is 0.0402. The van der Waals surface area contributed by atoms with E-state index in [4.69, 9.17) is 16.7 Å². The maximum absolute atomic E-state index is 13.0. The van der Waals surface area contributed by atoms with Gasteiger partial charge in [-0.1, -0.05) is 31.5 Å². The Balaban J connectivity index is 2.37.